The number of hydrogen-bond donors (Lipinski definition) is 1. The molecule has 108 valence electrons. The molecule has 0 atom stereocenters. The van der Waals surface area contributed by atoms with E-state index in [0.29, 0.717) is 38.6 Å². The maximum absolute atomic E-state index is 12.3. The highest BCUT2D eigenvalue weighted by molar-refractivity contribution is 7.86. The van der Waals surface area contributed by atoms with Crippen LogP contribution in [0.25, 0.3) is 0 Å². The molecule has 2 N–H and O–H groups in total. The first-order valence-electron chi connectivity index (χ1n) is 6.47. The van der Waals surface area contributed by atoms with E-state index in [1.54, 1.807) is 11.4 Å². The van der Waals surface area contributed by atoms with Gasteiger partial charge in [-0.25, -0.2) is 0 Å². The smallest absolute Gasteiger partial charge is 0.281 e. The fraction of sp³-hybridized carbons (Fsp3) is 1.00. The van der Waals surface area contributed by atoms with Crippen molar-refractivity contribution in [1.29, 1.82) is 0 Å². The molecule has 7 heteroatoms. The predicted molar refractivity (Wildman–Crippen MR) is 73.5 cm³/mol. The molecule has 0 unspecified atom stereocenters. The van der Waals surface area contributed by atoms with E-state index in [4.69, 9.17) is 5.73 Å². The summed E-state index contributed by atoms with van der Waals surface area (Å²) in [5, 5.41) is 0. The molecule has 1 rings (SSSR count). The molecule has 0 aromatic rings. The quantitative estimate of drug-likeness (QED) is 0.714. The Balaban J connectivity index is 2.55. The molecule has 1 saturated heterocycles. The van der Waals surface area contributed by atoms with E-state index in [0.717, 1.165) is 12.8 Å². The lowest BCUT2D eigenvalue weighted by molar-refractivity contribution is 0.191. The third-order valence-corrected chi connectivity index (χ3v) is 5.54. The third-order valence-electron chi connectivity index (χ3n) is 3.55. The average molecular weight is 278 g/mol. The van der Waals surface area contributed by atoms with Crippen molar-refractivity contribution in [2.24, 2.45) is 5.73 Å². The molecule has 0 aromatic carbocycles. The number of rotatable bonds is 6. The van der Waals surface area contributed by atoms with Gasteiger partial charge in [-0.1, -0.05) is 0 Å². The molecule has 18 heavy (non-hydrogen) atoms. The van der Waals surface area contributed by atoms with Gasteiger partial charge in [-0.3, -0.25) is 0 Å². The van der Waals surface area contributed by atoms with E-state index in [9.17, 15) is 8.42 Å². The SMILES string of the molecule is CN(C)C1CCN(S(=O)(=O)N(C)CCCN)CC1. The highest BCUT2D eigenvalue weighted by Crippen LogP contribution is 2.18. The number of hydrogen-bond acceptors (Lipinski definition) is 4. The Morgan fingerprint density at radius 3 is 2.22 bits per heavy atom. The maximum Gasteiger partial charge on any atom is 0.281 e. The van der Waals surface area contributed by atoms with Crippen molar-refractivity contribution in [1.82, 2.24) is 13.5 Å². The number of piperidine rings is 1. The van der Waals surface area contributed by atoms with Crippen LogP contribution in [0.5, 0.6) is 0 Å². The van der Waals surface area contributed by atoms with Crippen molar-refractivity contribution in [3.8, 4) is 0 Å². The Hall–Kier alpha value is -0.210. The van der Waals surface area contributed by atoms with Gasteiger partial charge in [0.25, 0.3) is 10.2 Å². The molecule has 0 amide bonds. The summed E-state index contributed by atoms with van der Waals surface area (Å²) in [6.45, 7) is 2.23. The van der Waals surface area contributed by atoms with E-state index in [-0.39, 0.29) is 0 Å². The fourth-order valence-electron chi connectivity index (χ4n) is 2.22. The predicted octanol–water partition coefficient (Wildman–Crippen LogP) is -0.462. The van der Waals surface area contributed by atoms with Crippen LogP contribution in [0.4, 0.5) is 0 Å². The Morgan fingerprint density at radius 2 is 1.78 bits per heavy atom. The second-order valence-corrected chi connectivity index (χ2v) is 7.10. The molecule has 6 nitrogen and oxygen atoms in total. The Bertz CT molecular complexity index is 337. The Kier molecular flexibility index (Phi) is 6.00. The van der Waals surface area contributed by atoms with Crippen LogP contribution in [-0.2, 0) is 10.2 Å². The minimum atomic E-state index is -3.29. The zero-order chi connectivity index (χ0) is 13.8. The van der Waals surface area contributed by atoms with E-state index >= 15 is 0 Å². The third kappa shape index (κ3) is 3.89. The van der Waals surface area contributed by atoms with Crippen LogP contribution in [0, 0.1) is 0 Å². The molecular formula is C11H26N4O2S. The second kappa shape index (κ2) is 6.81. The molecule has 0 aromatic heterocycles. The Morgan fingerprint density at radius 1 is 1.22 bits per heavy atom. The van der Waals surface area contributed by atoms with Crippen LogP contribution in [0.15, 0.2) is 0 Å². The summed E-state index contributed by atoms with van der Waals surface area (Å²) in [7, 11) is 2.42. The molecule has 0 radical (unpaired) electrons. The summed E-state index contributed by atoms with van der Waals surface area (Å²) in [5.74, 6) is 0. The number of nitrogens with zero attached hydrogens (tertiary/aromatic N) is 3. The van der Waals surface area contributed by atoms with Gasteiger partial charge >= 0.3 is 0 Å². The van der Waals surface area contributed by atoms with Crippen LogP contribution >= 0.6 is 0 Å². The van der Waals surface area contributed by atoms with E-state index in [1.807, 2.05) is 14.1 Å². The van der Waals surface area contributed by atoms with E-state index in [1.165, 1.54) is 4.31 Å². The van der Waals surface area contributed by atoms with Crippen molar-refractivity contribution in [2.75, 3.05) is 47.3 Å². The average Bonchev–Trinajstić information content (AvgIpc) is 2.35. The summed E-state index contributed by atoms with van der Waals surface area (Å²) < 4.78 is 27.5. The molecule has 0 saturated carbocycles. The van der Waals surface area contributed by atoms with Crippen LogP contribution in [0.2, 0.25) is 0 Å². The summed E-state index contributed by atoms with van der Waals surface area (Å²) in [4.78, 5) is 2.17. The summed E-state index contributed by atoms with van der Waals surface area (Å²) in [6.07, 6.45) is 2.50. The topological polar surface area (TPSA) is 69.9 Å². The van der Waals surface area contributed by atoms with Crippen molar-refractivity contribution >= 4 is 10.2 Å². The number of nitrogens with two attached hydrogens (primary N) is 1. The zero-order valence-electron chi connectivity index (χ0n) is 11.7. The molecule has 0 spiro atoms. The highest BCUT2D eigenvalue weighted by atomic mass is 32.2. The van der Waals surface area contributed by atoms with Crippen molar-refractivity contribution in [3.63, 3.8) is 0 Å². The minimum Gasteiger partial charge on any atom is -0.330 e. The second-order valence-electron chi connectivity index (χ2n) is 5.07. The standard InChI is InChI=1S/C11H26N4O2S/c1-13(2)11-5-9-15(10-6-11)18(16,17)14(3)8-4-7-12/h11H,4-10,12H2,1-3H3. The molecule has 1 fully saturated rings. The fourth-order valence-corrected chi connectivity index (χ4v) is 3.64. The van der Waals surface area contributed by atoms with E-state index in [2.05, 4.69) is 4.90 Å². The van der Waals surface area contributed by atoms with Gasteiger partial charge < -0.3 is 10.6 Å². The summed E-state index contributed by atoms with van der Waals surface area (Å²) in [5.41, 5.74) is 5.41. The van der Waals surface area contributed by atoms with Gasteiger partial charge in [-0.05, 0) is 39.9 Å². The molecule has 1 aliphatic rings. The lowest BCUT2D eigenvalue weighted by atomic mass is 10.1. The first-order valence-corrected chi connectivity index (χ1v) is 7.87. The van der Waals surface area contributed by atoms with Gasteiger partial charge in [0.2, 0.25) is 0 Å². The molecule has 0 aliphatic carbocycles. The zero-order valence-corrected chi connectivity index (χ0v) is 12.5. The van der Waals surface area contributed by atoms with Crippen LogP contribution in [0.3, 0.4) is 0 Å². The molecular weight excluding hydrogens is 252 g/mol. The van der Waals surface area contributed by atoms with E-state index < -0.39 is 10.2 Å². The van der Waals surface area contributed by atoms with Gasteiger partial charge in [0, 0.05) is 32.7 Å². The van der Waals surface area contributed by atoms with Crippen LogP contribution < -0.4 is 5.73 Å². The first kappa shape index (κ1) is 15.8. The maximum atomic E-state index is 12.3. The molecule has 1 aliphatic heterocycles. The lowest BCUT2D eigenvalue weighted by Gasteiger charge is -2.36. The van der Waals surface area contributed by atoms with Gasteiger partial charge in [-0.2, -0.15) is 17.0 Å². The van der Waals surface area contributed by atoms with Gasteiger partial charge in [-0.15, -0.1) is 0 Å². The van der Waals surface area contributed by atoms with Crippen molar-refractivity contribution < 1.29 is 8.42 Å². The Labute approximate surface area is 111 Å². The summed E-state index contributed by atoms with van der Waals surface area (Å²) in [6, 6.07) is 0.491. The molecule has 0 bridgehead atoms. The van der Waals surface area contributed by atoms with Gasteiger partial charge in [0.05, 0.1) is 0 Å². The highest BCUT2D eigenvalue weighted by Gasteiger charge is 2.31. The van der Waals surface area contributed by atoms with Crippen molar-refractivity contribution in [3.05, 3.63) is 0 Å². The minimum absolute atomic E-state index is 0.491. The first-order chi connectivity index (χ1) is 8.39. The largest absolute Gasteiger partial charge is 0.330 e. The lowest BCUT2D eigenvalue weighted by Crippen LogP contribution is -2.49. The van der Waals surface area contributed by atoms with Gasteiger partial charge in [0.15, 0.2) is 0 Å². The van der Waals surface area contributed by atoms with Crippen molar-refractivity contribution in [2.45, 2.75) is 25.3 Å². The van der Waals surface area contributed by atoms with Crippen LogP contribution in [-0.4, -0.2) is 75.3 Å². The molecule has 1 heterocycles. The monoisotopic (exact) mass is 278 g/mol. The normalized spacial score (nSPS) is 19.9. The summed E-state index contributed by atoms with van der Waals surface area (Å²) >= 11 is 0. The van der Waals surface area contributed by atoms with Gasteiger partial charge in [0.1, 0.15) is 0 Å². The van der Waals surface area contributed by atoms with Crippen LogP contribution in [0.1, 0.15) is 19.3 Å².